The highest BCUT2D eigenvalue weighted by Gasteiger charge is 2.09. The van der Waals surface area contributed by atoms with E-state index in [0.717, 1.165) is 3.57 Å². The summed E-state index contributed by atoms with van der Waals surface area (Å²) in [5.74, 6) is -0.217. The zero-order valence-electron chi connectivity index (χ0n) is 6.98. The van der Waals surface area contributed by atoms with Crippen molar-refractivity contribution in [3.05, 3.63) is 33.9 Å². The summed E-state index contributed by atoms with van der Waals surface area (Å²) >= 11 is 2.03. The van der Waals surface area contributed by atoms with Gasteiger partial charge in [0.1, 0.15) is 17.8 Å². The van der Waals surface area contributed by atoms with Gasteiger partial charge in [-0.25, -0.2) is 14.1 Å². The molecule has 4 nitrogen and oxygen atoms in total. The van der Waals surface area contributed by atoms with E-state index in [0.29, 0.717) is 5.69 Å². The van der Waals surface area contributed by atoms with E-state index in [-0.39, 0.29) is 11.8 Å². The molecule has 2 rings (SSSR count). The van der Waals surface area contributed by atoms with Gasteiger partial charge in [0, 0.05) is 3.57 Å². The Morgan fingerprint density at radius 2 is 2.21 bits per heavy atom. The summed E-state index contributed by atoms with van der Waals surface area (Å²) in [6.07, 6.45) is 1.38. The number of rotatable bonds is 1. The lowest BCUT2D eigenvalue weighted by atomic mass is 10.3. The zero-order valence-corrected chi connectivity index (χ0v) is 9.14. The molecule has 0 unspecified atom stereocenters. The third-order valence-electron chi connectivity index (χ3n) is 1.68. The summed E-state index contributed by atoms with van der Waals surface area (Å²) < 4.78 is 15.5. The van der Waals surface area contributed by atoms with Crippen LogP contribution in [0.15, 0.2) is 24.5 Å². The molecule has 0 aliphatic heterocycles. The lowest BCUT2D eigenvalue weighted by molar-refractivity contribution is 0.609. The number of aromatic nitrogens is 3. The van der Waals surface area contributed by atoms with E-state index in [2.05, 4.69) is 10.1 Å². The van der Waals surface area contributed by atoms with Gasteiger partial charge in [0.2, 0.25) is 5.95 Å². The molecule has 2 aromatic rings. The number of hydrogen-bond donors (Lipinski definition) is 1. The second-order valence-electron chi connectivity index (χ2n) is 2.62. The highest BCUT2D eigenvalue weighted by molar-refractivity contribution is 14.1. The van der Waals surface area contributed by atoms with Crippen LogP contribution in [0, 0.1) is 9.39 Å². The summed E-state index contributed by atoms with van der Waals surface area (Å²) in [5, 5.41) is 3.84. The number of nitrogens with two attached hydrogens (primary N) is 1. The van der Waals surface area contributed by atoms with Gasteiger partial charge in [0.15, 0.2) is 0 Å². The van der Waals surface area contributed by atoms with Crippen molar-refractivity contribution in [3.63, 3.8) is 0 Å². The Hall–Kier alpha value is -1.18. The van der Waals surface area contributed by atoms with Crippen molar-refractivity contribution in [2.45, 2.75) is 0 Å². The van der Waals surface area contributed by atoms with Crippen molar-refractivity contribution in [2.75, 3.05) is 5.73 Å². The molecule has 0 saturated heterocycles. The van der Waals surface area contributed by atoms with Crippen LogP contribution >= 0.6 is 22.6 Å². The van der Waals surface area contributed by atoms with Gasteiger partial charge >= 0.3 is 0 Å². The van der Waals surface area contributed by atoms with Gasteiger partial charge in [-0.1, -0.05) is 6.07 Å². The molecule has 0 bridgehead atoms. The van der Waals surface area contributed by atoms with E-state index < -0.39 is 0 Å². The Morgan fingerprint density at radius 1 is 1.43 bits per heavy atom. The van der Waals surface area contributed by atoms with Crippen LogP contribution in [-0.2, 0) is 0 Å². The number of halogens is 2. The van der Waals surface area contributed by atoms with Crippen LogP contribution in [0.2, 0.25) is 0 Å². The summed E-state index contributed by atoms with van der Waals surface area (Å²) in [7, 11) is 0. The van der Waals surface area contributed by atoms with Gasteiger partial charge in [-0.05, 0) is 34.7 Å². The third-order valence-corrected chi connectivity index (χ3v) is 2.55. The molecule has 1 aromatic carbocycles. The zero-order chi connectivity index (χ0) is 10.1. The predicted molar refractivity (Wildman–Crippen MR) is 58.4 cm³/mol. The molecule has 0 aliphatic carbocycles. The van der Waals surface area contributed by atoms with Gasteiger partial charge < -0.3 is 5.73 Å². The second kappa shape index (κ2) is 3.52. The molecule has 72 valence electrons. The first-order valence-electron chi connectivity index (χ1n) is 3.80. The topological polar surface area (TPSA) is 56.7 Å². The quantitative estimate of drug-likeness (QED) is 0.814. The van der Waals surface area contributed by atoms with Gasteiger partial charge in [0.05, 0.1) is 0 Å². The summed E-state index contributed by atoms with van der Waals surface area (Å²) in [5.41, 5.74) is 5.72. The summed E-state index contributed by atoms with van der Waals surface area (Å²) in [4.78, 5) is 3.73. The lowest BCUT2D eigenvalue weighted by Crippen LogP contribution is -2.01. The number of nitrogens with zero attached hydrogens (tertiary/aromatic N) is 3. The van der Waals surface area contributed by atoms with Crippen LogP contribution in [0.25, 0.3) is 5.69 Å². The third kappa shape index (κ3) is 1.57. The number of para-hydroxylation sites is 1. The minimum absolute atomic E-state index is 0.129. The van der Waals surface area contributed by atoms with E-state index in [9.17, 15) is 4.39 Å². The first kappa shape index (κ1) is 9.38. The van der Waals surface area contributed by atoms with E-state index >= 15 is 0 Å². The highest BCUT2D eigenvalue weighted by atomic mass is 127. The van der Waals surface area contributed by atoms with E-state index in [1.807, 2.05) is 22.6 Å². The Morgan fingerprint density at radius 3 is 2.79 bits per heavy atom. The first-order chi connectivity index (χ1) is 6.68. The van der Waals surface area contributed by atoms with Gasteiger partial charge in [-0.15, -0.1) is 5.10 Å². The molecule has 0 radical (unpaired) electrons. The van der Waals surface area contributed by atoms with E-state index in [1.165, 1.54) is 17.1 Å². The Balaban J connectivity index is 2.61. The van der Waals surface area contributed by atoms with Gasteiger partial charge in [0.25, 0.3) is 0 Å². The predicted octanol–water partition coefficient (Wildman–Crippen LogP) is 1.59. The maximum Gasteiger partial charge on any atom is 0.239 e. The molecule has 1 heterocycles. The Labute approximate surface area is 93.1 Å². The molecular weight excluding hydrogens is 298 g/mol. The van der Waals surface area contributed by atoms with Crippen molar-refractivity contribution >= 4 is 28.5 Å². The van der Waals surface area contributed by atoms with Crippen molar-refractivity contribution < 1.29 is 4.39 Å². The van der Waals surface area contributed by atoms with Crippen LogP contribution in [0.1, 0.15) is 0 Å². The Kier molecular flexibility index (Phi) is 2.36. The van der Waals surface area contributed by atoms with Crippen molar-refractivity contribution in [1.82, 2.24) is 14.8 Å². The van der Waals surface area contributed by atoms with Crippen LogP contribution in [0.3, 0.4) is 0 Å². The van der Waals surface area contributed by atoms with E-state index in [4.69, 9.17) is 5.73 Å². The molecule has 14 heavy (non-hydrogen) atoms. The second-order valence-corrected chi connectivity index (χ2v) is 3.78. The number of hydrogen-bond acceptors (Lipinski definition) is 3. The molecular formula is C8H6FIN4. The molecule has 0 spiro atoms. The smallest absolute Gasteiger partial charge is 0.239 e. The fraction of sp³-hybridized carbons (Fsp3) is 0. The average Bonchev–Trinajstić information content (AvgIpc) is 2.51. The van der Waals surface area contributed by atoms with Crippen molar-refractivity contribution in [2.24, 2.45) is 0 Å². The molecule has 0 saturated carbocycles. The van der Waals surface area contributed by atoms with Crippen molar-refractivity contribution in [3.8, 4) is 5.69 Å². The van der Waals surface area contributed by atoms with E-state index in [1.54, 1.807) is 12.1 Å². The van der Waals surface area contributed by atoms with Crippen LogP contribution in [0.5, 0.6) is 0 Å². The standard InChI is InChI=1S/C8H6FIN4/c9-5-2-1-3-6(10)7(5)14-4-12-8(11)13-14/h1-4H,(H2,11,13). The average molecular weight is 304 g/mol. The number of nitrogen functional groups attached to an aromatic ring is 1. The number of benzene rings is 1. The fourth-order valence-electron chi connectivity index (χ4n) is 1.09. The van der Waals surface area contributed by atoms with Crippen LogP contribution in [-0.4, -0.2) is 14.8 Å². The fourth-order valence-corrected chi connectivity index (χ4v) is 1.80. The maximum atomic E-state index is 13.4. The molecule has 1 aromatic heterocycles. The minimum atomic E-state index is -0.346. The summed E-state index contributed by atoms with van der Waals surface area (Å²) in [6, 6.07) is 4.80. The largest absolute Gasteiger partial charge is 0.366 e. The molecule has 6 heteroatoms. The molecule has 2 N–H and O–H groups in total. The molecule has 0 fully saturated rings. The summed E-state index contributed by atoms with van der Waals surface area (Å²) in [6.45, 7) is 0. The van der Waals surface area contributed by atoms with Gasteiger partial charge in [-0.3, -0.25) is 0 Å². The van der Waals surface area contributed by atoms with Crippen LogP contribution < -0.4 is 5.73 Å². The Bertz CT molecular complexity index is 448. The first-order valence-corrected chi connectivity index (χ1v) is 4.88. The minimum Gasteiger partial charge on any atom is -0.366 e. The molecule has 0 atom stereocenters. The number of anilines is 1. The normalized spacial score (nSPS) is 10.4. The highest BCUT2D eigenvalue weighted by Crippen LogP contribution is 2.19. The molecule has 0 aliphatic rings. The van der Waals surface area contributed by atoms with Crippen LogP contribution in [0.4, 0.5) is 10.3 Å². The molecule has 0 amide bonds. The lowest BCUT2D eigenvalue weighted by Gasteiger charge is -2.03. The monoisotopic (exact) mass is 304 g/mol. The SMILES string of the molecule is Nc1ncn(-c2c(F)cccc2I)n1. The van der Waals surface area contributed by atoms with Gasteiger partial charge in [-0.2, -0.15) is 0 Å². The maximum absolute atomic E-state index is 13.4. The van der Waals surface area contributed by atoms with Crippen molar-refractivity contribution in [1.29, 1.82) is 0 Å².